The molecule has 1 saturated heterocycles. The highest BCUT2D eigenvalue weighted by atomic mass is 32.1. The molecule has 2 heterocycles. The van der Waals surface area contributed by atoms with Crippen LogP contribution in [-0.4, -0.2) is 49.8 Å². The zero-order chi connectivity index (χ0) is 17.3. The Kier molecular flexibility index (Phi) is 4.93. The normalized spacial score (nSPS) is 26.6. The summed E-state index contributed by atoms with van der Waals surface area (Å²) in [5.41, 5.74) is 1.16. The number of rotatable bonds is 4. The van der Waals surface area contributed by atoms with E-state index in [0.717, 1.165) is 10.1 Å². The van der Waals surface area contributed by atoms with Gasteiger partial charge in [-0.2, -0.15) is 0 Å². The van der Waals surface area contributed by atoms with E-state index in [1.54, 1.807) is 0 Å². The second-order valence-corrected chi connectivity index (χ2v) is 6.12. The van der Waals surface area contributed by atoms with Crippen LogP contribution in [0.2, 0.25) is 0 Å². The van der Waals surface area contributed by atoms with Crippen LogP contribution in [0.25, 0.3) is 0 Å². The van der Waals surface area contributed by atoms with Gasteiger partial charge in [-0.15, -0.1) is 0 Å². The van der Waals surface area contributed by atoms with Crippen LogP contribution in [0.5, 0.6) is 0 Å². The molecule has 0 spiro atoms. The van der Waals surface area contributed by atoms with Crippen LogP contribution in [0.3, 0.4) is 0 Å². The number of aliphatic hydroxyl groups excluding tert-OH is 3. The summed E-state index contributed by atoms with van der Waals surface area (Å²) in [4.78, 5) is 14.7. The third kappa shape index (κ3) is 3.19. The van der Waals surface area contributed by atoms with Crippen molar-refractivity contribution in [1.82, 2.24) is 9.55 Å². The van der Waals surface area contributed by atoms with Crippen molar-refractivity contribution in [1.29, 1.82) is 0 Å². The predicted molar refractivity (Wildman–Crippen MR) is 88.1 cm³/mol. The fraction of sp³-hybridized carbons (Fsp3) is 0.375. The van der Waals surface area contributed by atoms with Gasteiger partial charge in [0.2, 0.25) is 0 Å². The molecule has 1 aromatic carbocycles. The van der Waals surface area contributed by atoms with Gasteiger partial charge in [0.05, 0.1) is 6.61 Å². The third-order valence-corrected chi connectivity index (χ3v) is 4.43. The first-order chi connectivity index (χ1) is 11.5. The Labute approximate surface area is 142 Å². The van der Waals surface area contributed by atoms with E-state index < -0.39 is 36.8 Å². The molecule has 0 aliphatic carbocycles. The lowest BCUT2D eigenvalue weighted by Gasteiger charge is -2.18. The number of benzene rings is 1. The predicted octanol–water partition coefficient (Wildman–Crippen LogP) is 0.108. The molecule has 0 amide bonds. The summed E-state index contributed by atoms with van der Waals surface area (Å²) in [6, 6.07) is 9.60. The first kappa shape index (κ1) is 17.0. The molecule has 0 bridgehead atoms. The van der Waals surface area contributed by atoms with Crippen molar-refractivity contribution in [3.05, 3.63) is 62.8 Å². The Balaban J connectivity index is 1.96. The lowest BCUT2D eigenvalue weighted by atomic mass is 10.1. The van der Waals surface area contributed by atoms with Gasteiger partial charge in [-0.05, 0) is 5.56 Å². The van der Waals surface area contributed by atoms with Crippen LogP contribution in [-0.2, 0) is 11.2 Å². The van der Waals surface area contributed by atoms with Crippen LogP contribution in [0, 0.1) is 4.64 Å². The molecule has 128 valence electrons. The second-order valence-electron chi connectivity index (χ2n) is 5.71. The minimum absolute atomic E-state index is 0.312. The molecule has 24 heavy (non-hydrogen) atoms. The van der Waals surface area contributed by atoms with Gasteiger partial charge in [-0.25, -0.2) is 4.79 Å². The summed E-state index contributed by atoms with van der Waals surface area (Å²) in [5, 5.41) is 29.1. The van der Waals surface area contributed by atoms with Crippen molar-refractivity contribution in [3.8, 4) is 0 Å². The van der Waals surface area contributed by atoms with Gasteiger partial charge < -0.3 is 20.1 Å². The molecule has 1 fully saturated rings. The number of H-pyrrole nitrogens is 1. The van der Waals surface area contributed by atoms with E-state index in [1.165, 1.54) is 6.20 Å². The molecule has 1 aliphatic rings. The van der Waals surface area contributed by atoms with Crippen molar-refractivity contribution in [2.75, 3.05) is 6.61 Å². The molecule has 1 aliphatic heterocycles. The quantitative estimate of drug-likeness (QED) is 0.583. The number of nitrogens with zero attached hydrogens (tertiary/aromatic N) is 1. The minimum atomic E-state index is -1.33. The third-order valence-electron chi connectivity index (χ3n) is 4.07. The maximum absolute atomic E-state index is 12.2. The van der Waals surface area contributed by atoms with Crippen LogP contribution in [0.15, 0.2) is 41.3 Å². The van der Waals surface area contributed by atoms with Gasteiger partial charge in [-0.3, -0.25) is 9.55 Å². The van der Waals surface area contributed by atoms with E-state index in [4.69, 9.17) is 17.0 Å². The van der Waals surface area contributed by atoms with Crippen molar-refractivity contribution >= 4 is 12.2 Å². The zero-order valence-electron chi connectivity index (χ0n) is 12.7. The number of aromatic nitrogens is 2. The molecule has 4 N–H and O–H groups in total. The molecular formula is C16H18N2O5S. The Bertz CT molecular complexity index is 819. The van der Waals surface area contributed by atoms with Crippen LogP contribution >= 0.6 is 12.2 Å². The number of hydrogen-bond donors (Lipinski definition) is 4. The average Bonchev–Trinajstić information content (AvgIpc) is 2.86. The van der Waals surface area contributed by atoms with Gasteiger partial charge in [0.1, 0.15) is 23.0 Å². The highest BCUT2D eigenvalue weighted by Crippen LogP contribution is 2.28. The second kappa shape index (κ2) is 6.96. The van der Waals surface area contributed by atoms with Gasteiger partial charge in [0.25, 0.3) is 0 Å². The number of hydrogen-bond acceptors (Lipinski definition) is 6. The fourth-order valence-electron chi connectivity index (χ4n) is 2.77. The Morgan fingerprint density at radius 1 is 1.21 bits per heavy atom. The van der Waals surface area contributed by atoms with E-state index in [2.05, 4.69) is 4.98 Å². The van der Waals surface area contributed by atoms with Crippen molar-refractivity contribution in [2.45, 2.75) is 31.0 Å². The smallest absolute Gasteiger partial charge is 0.328 e. The summed E-state index contributed by atoms with van der Waals surface area (Å²) >= 11 is 5.21. The lowest BCUT2D eigenvalue weighted by Crippen LogP contribution is -2.36. The molecule has 3 rings (SSSR count). The summed E-state index contributed by atoms with van der Waals surface area (Å²) < 4.78 is 6.88. The van der Waals surface area contributed by atoms with Crippen LogP contribution in [0.4, 0.5) is 0 Å². The van der Waals surface area contributed by atoms with Crippen molar-refractivity contribution in [2.24, 2.45) is 0 Å². The lowest BCUT2D eigenvalue weighted by molar-refractivity contribution is -0.0551. The summed E-state index contributed by atoms with van der Waals surface area (Å²) in [6.07, 6.45) is -2.61. The number of ether oxygens (including phenoxy) is 1. The molecule has 2 unspecified atom stereocenters. The van der Waals surface area contributed by atoms with E-state index in [1.807, 2.05) is 30.3 Å². The van der Waals surface area contributed by atoms with E-state index >= 15 is 0 Å². The topological polar surface area (TPSA) is 108 Å². The Hall–Kier alpha value is -1.84. The van der Waals surface area contributed by atoms with Crippen molar-refractivity contribution in [3.63, 3.8) is 0 Å². The number of nitrogens with one attached hydrogen (secondary N) is 1. The molecule has 8 heteroatoms. The fourth-order valence-corrected chi connectivity index (χ4v) is 2.98. The zero-order valence-corrected chi connectivity index (χ0v) is 13.5. The van der Waals surface area contributed by atoms with E-state index in [0.29, 0.717) is 16.6 Å². The van der Waals surface area contributed by atoms with Crippen molar-refractivity contribution < 1.29 is 20.1 Å². The highest BCUT2D eigenvalue weighted by molar-refractivity contribution is 7.71. The molecule has 2 aromatic rings. The van der Waals surface area contributed by atoms with Crippen LogP contribution < -0.4 is 5.69 Å². The largest absolute Gasteiger partial charge is 0.394 e. The molecule has 7 nitrogen and oxygen atoms in total. The standard InChI is InChI=1S/C16H18N2O5S/c19-8-11-12(20)13(21)15(23-11)18-7-10(14(24)17-16(18)22)6-9-4-2-1-3-5-9/h1-5,7,11-13,15,19-21H,6,8H2,(H,17,22,24)/t11-,12?,13?,15-/m0/s1. The van der Waals surface area contributed by atoms with E-state index in [9.17, 15) is 20.1 Å². The Morgan fingerprint density at radius 3 is 2.54 bits per heavy atom. The number of aliphatic hydroxyl groups is 3. The highest BCUT2D eigenvalue weighted by Gasteiger charge is 2.43. The molecular weight excluding hydrogens is 332 g/mol. The monoisotopic (exact) mass is 350 g/mol. The molecule has 0 saturated carbocycles. The van der Waals surface area contributed by atoms with Gasteiger partial charge in [-0.1, -0.05) is 42.5 Å². The molecule has 4 atom stereocenters. The van der Waals surface area contributed by atoms with Crippen LogP contribution in [0.1, 0.15) is 17.4 Å². The minimum Gasteiger partial charge on any atom is -0.394 e. The average molecular weight is 350 g/mol. The SMILES string of the molecule is O=c1[nH]c(=S)c(Cc2ccccc2)cn1[C@H]1O[C@@H](CO)C(O)C1O. The molecule has 0 radical (unpaired) electrons. The summed E-state index contributed by atoms with van der Waals surface area (Å²) in [7, 11) is 0. The first-order valence-electron chi connectivity index (χ1n) is 7.52. The molecule has 1 aromatic heterocycles. The van der Waals surface area contributed by atoms with E-state index in [-0.39, 0.29) is 0 Å². The first-order valence-corrected chi connectivity index (χ1v) is 7.93. The van der Waals surface area contributed by atoms with Gasteiger partial charge in [0.15, 0.2) is 6.23 Å². The Morgan fingerprint density at radius 2 is 1.92 bits per heavy atom. The number of aromatic amines is 1. The summed E-state index contributed by atoms with van der Waals surface area (Å²) in [6.45, 7) is -0.455. The maximum atomic E-state index is 12.2. The van der Waals surface area contributed by atoms with Gasteiger partial charge in [0, 0.05) is 18.2 Å². The maximum Gasteiger partial charge on any atom is 0.328 e. The summed E-state index contributed by atoms with van der Waals surface area (Å²) in [5.74, 6) is 0. The van der Waals surface area contributed by atoms with Gasteiger partial charge >= 0.3 is 5.69 Å².